The van der Waals surface area contributed by atoms with Crippen molar-refractivity contribution in [1.82, 2.24) is 0 Å². The fraction of sp³-hybridized carbons (Fsp3) is 0.273. The zero-order valence-electron chi connectivity index (χ0n) is 9.32. The molecule has 0 atom stereocenters. The SMILES string of the molecule is C=C(Oc1ccccc1)[Si](C)(OC)OC. The van der Waals surface area contributed by atoms with Crippen molar-refractivity contribution in [3.05, 3.63) is 42.3 Å². The van der Waals surface area contributed by atoms with E-state index in [1.165, 1.54) is 0 Å². The summed E-state index contributed by atoms with van der Waals surface area (Å²) in [5.41, 5.74) is 0. The van der Waals surface area contributed by atoms with Crippen LogP contribution in [-0.4, -0.2) is 22.8 Å². The van der Waals surface area contributed by atoms with Gasteiger partial charge in [0.05, 0.1) is 0 Å². The van der Waals surface area contributed by atoms with Crippen molar-refractivity contribution in [3.63, 3.8) is 0 Å². The first-order valence-corrected chi connectivity index (χ1v) is 6.96. The van der Waals surface area contributed by atoms with Gasteiger partial charge in [0.25, 0.3) is 0 Å². The third kappa shape index (κ3) is 2.92. The molecule has 82 valence electrons. The molecule has 0 amide bonds. The topological polar surface area (TPSA) is 27.7 Å². The summed E-state index contributed by atoms with van der Waals surface area (Å²) >= 11 is 0. The lowest BCUT2D eigenvalue weighted by Gasteiger charge is -2.24. The minimum atomic E-state index is -2.40. The molecule has 0 unspecified atom stereocenters. The van der Waals surface area contributed by atoms with E-state index in [0.717, 1.165) is 5.75 Å². The molecule has 0 spiro atoms. The Morgan fingerprint density at radius 3 is 2.13 bits per heavy atom. The summed E-state index contributed by atoms with van der Waals surface area (Å²) in [7, 11) is 0.813. The molecule has 0 radical (unpaired) electrons. The number of hydrogen-bond donors (Lipinski definition) is 0. The van der Waals surface area contributed by atoms with Gasteiger partial charge in [-0.25, -0.2) is 0 Å². The van der Waals surface area contributed by atoms with Gasteiger partial charge in [-0.15, -0.1) is 0 Å². The van der Waals surface area contributed by atoms with Gasteiger partial charge in [0.2, 0.25) is 0 Å². The van der Waals surface area contributed by atoms with Crippen LogP contribution in [0, 0.1) is 0 Å². The first-order valence-electron chi connectivity index (χ1n) is 4.65. The molecule has 0 fully saturated rings. The second-order valence-electron chi connectivity index (χ2n) is 3.19. The van der Waals surface area contributed by atoms with E-state index in [-0.39, 0.29) is 0 Å². The van der Waals surface area contributed by atoms with E-state index in [2.05, 4.69) is 6.58 Å². The predicted octanol–water partition coefficient (Wildman–Crippen LogP) is 2.48. The Morgan fingerprint density at radius 1 is 1.13 bits per heavy atom. The molecule has 15 heavy (non-hydrogen) atoms. The zero-order chi connectivity index (χ0) is 11.3. The van der Waals surface area contributed by atoms with Crippen molar-refractivity contribution in [2.24, 2.45) is 0 Å². The van der Waals surface area contributed by atoms with Crippen molar-refractivity contribution in [2.45, 2.75) is 6.55 Å². The fourth-order valence-corrected chi connectivity index (χ4v) is 1.96. The molecule has 0 aromatic heterocycles. The summed E-state index contributed by atoms with van der Waals surface area (Å²) < 4.78 is 16.2. The van der Waals surface area contributed by atoms with E-state index < -0.39 is 8.56 Å². The monoisotopic (exact) mass is 224 g/mol. The van der Waals surface area contributed by atoms with Crippen molar-refractivity contribution < 1.29 is 13.6 Å². The molecule has 0 aliphatic heterocycles. The van der Waals surface area contributed by atoms with Crippen LogP contribution in [0.4, 0.5) is 0 Å². The van der Waals surface area contributed by atoms with Gasteiger partial charge in [0.15, 0.2) is 0 Å². The number of hydrogen-bond acceptors (Lipinski definition) is 3. The van der Waals surface area contributed by atoms with E-state index in [1.54, 1.807) is 14.2 Å². The third-order valence-corrected chi connectivity index (χ3v) is 4.94. The maximum Gasteiger partial charge on any atom is 0.404 e. The molecular weight excluding hydrogens is 208 g/mol. The molecule has 1 aromatic rings. The predicted molar refractivity (Wildman–Crippen MR) is 61.8 cm³/mol. The number of rotatable bonds is 5. The Balaban J connectivity index is 2.71. The summed E-state index contributed by atoms with van der Waals surface area (Å²) in [5, 5.41) is 0.554. The van der Waals surface area contributed by atoms with E-state index in [4.69, 9.17) is 13.6 Å². The Hall–Kier alpha value is -1.10. The lowest BCUT2D eigenvalue weighted by atomic mass is 10.3. The highest BCUT2D eigenvalue weighted by Crippen LogP contribution is 2.20. The second-order valence-corrected chi connectivity index (χ2v) is 6.46. The first kappa shape index (κ1) is 12.0. The molecular formula is C11H16O3Si. The summed E-state index contributed by atoms with van der Waals surface area (Å²) in [6.45, 7) is 5.74. The average Bonchev–Trinajstić information content (AvgIpc) is 2.29. The molecule has 0 heterocycles. The molecule has 0 bridgehead atoms. The maximum atomic E-state index is 5.58. The minimum Gasteiger partial charge on any atom is -0.462 e. The number of para-hydroxylation sites is 1. The van der Waals surface area contributed by atoms with Crippen molar-refractivity contribution in [3.8, 4) is 5.75 Å². The summed E-state index contributed by atoms with van der Waals surface area (Å²) in [6.07, 6.45) is 0. The minimum absolute atomic E-state index is 0.554. The first-order chi connectivity index (χ1) is 7.12. The van der Waals surface area contributed by atoms with Crippen LogP contribution in [0.15, 0.2) is 42.3 Å². The third-order valence-electron chi connectivity index (χ3n) is 2.27. The van der Waals surface area contributed by atoms with E-state index in [0.29, 0.717) is 5.38 Å². The molecule has 1 rings (SSSR count). The molecule has 0 saturated heterocycles. The lowest BCUT2D eigenvalue weighted by molar-refractivity contribution is 0.239. The molecule has 4 heteroatoms. The van der Waals surface area contributed by atoms with Crippen molar-refractivity contribution >= 4 is 8.56 Å². The molecule has 0 aliphatic rings. The van der Waals surface area contributed by atoms with Crippen LogP contribution >= 0.6 is 0 Å². The molecule has 0 N–H and O–H groups in total. The lowest BCUT2D eigenvalue weighted by Crippen LogP contribution is -2.40. The van der Waals surface area contributed by atoms with E-state index in [1.807, 2.05) is 36.9 Å². The van der Waals surface area contributed by atoms with Crippen molar-refractivity contribution in [1.29, 1.82) is 0 Å². The highest BCUT2D eigenvalue weighted by molar-refractivity contribution is 6.72. The van der Waals surface area contributed by atoms with Gasteiger partial charge in [-0.3, -0.25) is 0 Å². The Morgan fingerprint density at radius 2 is 1.67 bits per heavy atom. The van der Waals surface area contributed by atoms with Gasteiger partial charge in [0.1, 0.15) is 11.1 Å². The Kier molecular flexibility index (Phi) is 4.08. The van der Waals surface area contributed by atoms with Gasteiger partial charge in [-0.05, 0) is 18.7 Å². The van der Waals surface area contributed by atoms with Crippen LogP contribution in [0.5, 0.6) is 5.75 Å². The van der Waals surface area contributed by atoms with Gasteiger partial charge >= 0.3 is 8.56 Å². The number of benzene rings is 1. The van der Waals surface area contributed by atoms with Crippen LogP contribution in [0.1, 0.15) is 0 Å². The normalized spacial score (nSPS) is 11.1. The van der Waals surface area contributed by atoms with Crippen LogP contribution in [0.25, 0.3) is 0 Å². The molecule has 0 saturated carbocycles. The largest absolute Gasteiger partial charge is 0.462 e. The quantitative estimate of drug-likeness (QED) is 0.568. The highest BCUT2D eigenvalue weighted by Gasteiger charge is 2.35. The van der Waals surface area contributed by atoms with Gasteiger partial charge in [0, 0.05) is 14.2 Å². The smallest absolute Gasteiger partial charge is 0.404 e. The highest BCUT2D eigenvalue weighted by atomic mass is 28.4. The van der Waals surface area contributed by atoms with E-state index >= 15 is 0 Å². The molecule has 0 aliphatic carbocycles. The fourth-order valence-electron chi connectivity index (χ4n) is 1.03. The van der Waals surface area contributed by atoms with Gasteiger partial charge in [-0.2, -0.15) is 0 Å². The zero-order valence-corrected chi connectivity index (χ0v) is 10.3. The standard InChI is InChI=1S/C11H16O3Si/c1-10(15(4,12-2)13-3)14-11-8-6-5-7-9-11/h5-9H,1H2,2-4H3. The summed E-state index contributed by atoms with van der Waals surface area (Å²) in [5.74, 6) is 0.746. The Bertz CT molecular complexity index is 320. The van der Waals surface area contributed by atoms with Gasteiger partial charge in [-0.1, -0.05) is 24.8 Å². The summed E-state index contributed by atoms with van der Waals surface area (Å²) in [4.78, 5) is 0. The maximum absolute atomic E-state index is 5.58. The summed E-state index contributed by atoms with van der Waals surface area (Å²) in [6, 6.07) is 9.47. The van der Waals surface area contributed by atoms with Crippen LogP contribution < -0.4 is 4.74 Å². The average molecular weight is 224 g/mol. The van der Waals surface area contributed by atoms with Crippen molar-refractivity contribution in [2.75, 3.05) is 14.2 Å². The second kappa shape index (κ2) is 5.11. The molecule has 1 aromatic carbocycles. The van der Waals surface area contributed by atoms with Crippen LogP contribution in [-0.2, 0) is 8.85 Å². The number of ether oxygens (including phenoxy) is 1. The van der Waals surface area contributed by atoms with Gasteiger partial charge < -0.3 is 13.6 Å². The Labute approximate surface area is 91.5 Å². The van der Waals surface area contributed by atoms with Crippen LogP contribution in [0.2, 0.25) is 6.55 Å². The van der Waals surface area contributed by atoms with E-state index in [9.17, 15) is 0 Å². The van der Waals surface area contributed by atoms with Crippen LogP contribution in [0.3, 0.4) is 0 Å². The molecule has 3 nitrogen and oxygen atoms in total.